The molecule has 0 unspecified atom stereocenters. The highest BCUT2D eigenvalue weighted by molar-refractivity contribution is 5.80. The first-order valence-corrected chi connectivity index (χ1v) is 7.33. The quantitative estimate of drug-likeness (QED) is 0.595. The average molecular weight is 263 g/mol. The summed E-state index contributed by atoms with van der Waals surface area (Å²) in [4.78, 5) is 0. The molecule has 2 heteroatoms. The second-order valence-electron chi connectivity index (χ2n) is 5.74. The third-order valence-corrected chi connectivity index (χ3v) is 4.52. The molecule has 0 fully saturated rings. The summed E-state index contributed by atoms with van der Waals surface area (Å²) in [5.41, 5.74) is 6.96. The van der Waals surface area contributed by atoms with Crippen LogP contribution in [-0.2, 0) is 20.0 Å². The van der Waals surface area contributed by atoms with Crippen LogP contribution in [0.15, 0.2) is 42.5 Å². The second kappa shape index (κ2) is 4.20. The molecule has 0 saturated carbocycles. The Hall–Kier alpha value is -2.09. The van der Waals surface area contributed by atoms with E-state index in [-0.39, 0.29) is 0 Å². The monoisotopic (exact) mass is 263 g/mol. The van der Waals surface area contributed by atoms with E-state index in [4.69, 9.17) is 0 Å². The molecule has 1 aromatic heterocycles. The van der Waals surface area contributed by atoms with Gasteiger partial charge in [0.25, 0.3) is 5.82 Å². The Labute approximate surface area is 119 Å². The minimum absolute atomic E-state index is 1.12. The van der Waals surface area contributed by atoms with Gasteiger partial charge in [-0.3, -0.25) is 0 Å². The van der Waals surface area contributed by atoms with Crippen LogP contribution in [0.5, 0.6) is 0 Å². The molecule has 0 saturated heterocycles. The Balaban J connectivity index is 2.14. The maximum Gasteiger partial charge on any atom is 0.289 e. The smallest absolute Gasteiger partial charge is 0.226 e. The van der Waals surface area contributed by atoms with Crippen molar-refractivity contribution in [1.82, 2.24) is 4.57 Å². The van der Waals surface area contributed by atoms with Gasteiger partial charge in [0.15, 0.2) is 11.0 Å². The van der Waals surface area contributed by atoms with Crippen LogP contribution in [0.4, 0.5) is 0 Å². The SMILES string of the molecule is Cc1ccccc1-c1n(C)c2cccc3c2[n+]1CCC3. The number of aromatic nitrogens is 2. The van der Waals surface area contributed by atoms with Crippen molar-refractivity contribution in [1.29, 1.82) is 0 Å². The maximum absolute atomic E-state index is 2.51. The molecule has 0 amide bonds. The summed E-state index contributed by atoms with van der Waals surface area (Å²) in [5, 5.41) is 0. The normalized spacial score (nSPS) is 13.9. The number of hydrogen-bond donors (Lipinski definition) is 0. The molecule has 1 aliphatic rings. The number of aryl methyl sites for hydroxylation is 4. The Morgan fingerprint density at radius 3 is 2.75 bits per heavy atom. The molecular formula is C18H19N2+. The van der Waals surface area contributed by atoms with E-state index in [2.05, 4.69) is 65.6 Å². The molecule has 2 nitrogen and oxygen atoms in total. The number of hydrogen-bond acceptors (Lipinski definition) is 0. The van der Waals surface area contributed by atoms with Gasteiger partial charge < -0.3 is 0 Å². The van der Waals surface area contributed by atoms with Crippen molar-refractivity contribution in [3.8, 4) is 11.4 Å². The maximum atomic E-state index is 2.51. The van der Waals surface area contributed by atoms with E-state index in [0.29, 0.717) is 0 Å². The van der Waals surface area contributed by atoms with Crippen LogP contribution in [0.1, 0.15) is 17.5 Å². The van der Waals surface area contributed by atoms with E-state index in [1.165, 1.54) is 46.4 Å². The van der Waals surface area contributed by atoms with E-state index in [9.17, 15) is 0 Å². The fourth-order valence-corrected chi connectivity index (χ4v) is 3.56. The van der Waals surface area contributed by atoms with Crippen LogP contribution in [0.3, 0.4) is 0 Å². The van der Waals surface area contributed by atoms with E-state index >= 15 is 0 Å². The van der Waals surface area contributed by atoms with Gasteiger partial charge in [-0.15, -0.1) is 0 Å². The molecule has 0 radical (unpaired) electrons. The molecular weight excluding hydrogens is 244 g/mol. The predicted octanol–water partition coefficient (Wildman–Crippen LogP) is 3.39. The standard InChI is InChI=1S/C18H19N2/c1-13-7-3-4-10-15(13)18-19(2)16-11-5-8-14-9-6-12-20(18)17(14)16/h3-5,7-8,10-11H,6,9,12H2,1-2H3/q+1. The van der Waals surface area contributed by atoms with Crippen molar-refractivity contribution in [2.24, 2.45) is 7.05 Å². The lowest BCUT2D eigenvalue weighted by atomic mass is 10.0. The highest BCUT2D eigenvalue weighted by atomic mass is 15.2. The molecule has 0 aliphatic carbocycles. The third kappa shape index (κ3) is 1.48. The van der Waals surface area contributed by atoms with Crippen LogP contribution in [0.2, 0.25) is 0 Å². The highest BCUT2D eigenvalue weighted by Crippen LogP contribution is 2.28. The Morgan fingerprint density at radius 1 is 1.05 bits per heavy atom. The molecule has 0 atom stereocenters. The van der Waals surface area contributed by atoms with Gasteiger partial charge in [-0.25, -0.2) is 9.13 Å². The van der Waals surface area contributed by atoms with E-state index < -0.39 is 0 Å². The van der Waals surface area contributed by atoms with Crippen molar-refractivity contribution in [2.75, 3.05) is 0 Å². The van der Waals surface area contributed by atoms with Crippen molar-refractivity contribution in [3.05, 3.63) is 53.6 Å². The Kier molecular flexibility index (Phi) is 2.46. The fraction of sp³-hybridized carbons (Fsp3) is 0.278. The van der Waals surface area contributed by atoms with Crippen LogP contribution in [0, 0.1) is 6.92 Å². The number of rotatable bonds is 1. The molecule has 0 N–H and O–H groups in total. The summed E-state index contributed by atoms with van der Waals surface area (Å²) in [6, 6.07) is 15.4. The van der Waals surface area contributed by atoms with Crippen molar-refractivity contribution in [3.63, 3.8) is 0 Å². The largest absolute Gasteiger partial charge is 0.289 e. The number of imidazole rings is 1. The summed E-state index contributed by atoms with van der Waals surface area (Å²) >= 11 is 0. The lowest BCUT2D eigenvalue weighted by Gasteiger charge is -2.11. The molecule has 2 heterocycles. The Bertz CT molecular complexity index is 812. The zero-order valence-corrected chi connectivity index (χ0v) is 12.1. The number of nitrogens with zero attached hydrogens (tertiary/aromatic N) is 2. The minimum atomic E-state index is 1.12. The molecule has 20 heavy (non-hydrogen) atoms. The van der Waals surface area contributed by atoms with Gasteiger partial charge in [-0.2, -0.15) is 0 Å². The zero-order valence-electron chi connectivity index (χ0n) is 12.1. The fourth-order valence-electron chi connectivity index (χ4n) is 3.56. The minimum Gasteiger partial charge on any atom is -0.226 e. The molecule has 1 aliphatic heterocycles. The van der Waals surface area contributed by atoms with Gasteiger partial charge in [0.05, 0.1) is 19.2 Å². The van der Waals surface area contributed by atoms with E-state index in [1.807, 2.05) is 0 Å². The van der Waals surface area contributed by atoms with E-state index in [0.717, 1.165) is 6.54 Å². The number of para-hydroxylation sites is 1. The van der Waals surface area contributed by atoms with Gasteiger partial charge in [-0.1, -0.05) is 30.3 Å². The van der Waals surface area contributed by atoms with Gasteiger partial charge in [0.2, 0.25) is 0 Å². The lowest BCUT2D eigenvalue weighted by molar-refractivity contribution is -0.664. The summed E-state index contributed by atoms with van der Waals surface area (Å²) in [6.45, 7) is 3.32. The molecule has 2 aromatic carbocycles. The van der Waals surface area contributed by atoms with Crippen LogP contribution in [0.25, 0.3) is 22.4 Å². The first-order valence-electron chi connectivity index (χ1n) is 7.33. The third-order valence-electron chi connectivity index (χ3n) is 4.52. The van der Waals surface area contributed by atoms with Crippen LogP contribution < -0.4 is 4.57 Å². The Morgan fingerprint density at radius 2 is 1.90 bits per heavy atom. The van der Waals surface area contributed by atoms with Crippen molar-refractivity contribution in [2.45, 2.75) is 26.3 Å². The lowest BCUT2D eigenvalue weighted by Crippen LogP contribution is -2.39. The topological polar surface area (TPSA) is 8.81 Å². The molecule has 4 rings (SSSR count). The molecule has 0 spiro atoms. The van der Waals surface area contributed by atoms with Crippen LogP contribution in [-0.4, -0.2) is 4.57 Å². The molecule has 100 valence electrons. The first-order chi connectivity index (χ1) is 9.77. The van der Waals surface area contributed by atoms with E-state index in [1.54, 1.807) is 0 Å². The van der Waals surface area contributed by atoms with Gasteiger partial charge in [-0.05, 0) is 37.5 Å². The molecule has 0 bridgehead atoms. The van der Waals surface area contributed by atoms with Gasteiger partial charge >= 0.3 is 0 Å². The number of benzene rings is 2. The summed E-state index contributed by atoms with van der Waals surface area (Å²) in [7, 11) is 2.19. The summed E-state index contributed by atoms with van der Waals surface area (Å²) in [6.07, 6.45) is 2.44. The highest BCUT2D eigenvalue weighted by Gasteiger charge is 2.28. The predicted molar refractivity (Wildman–Crippen MR) is 81.6 cm³/mol. The summed E-state index contributed by atoms with van der Waals surface area (Å²) < 4.78 is 4.86. The molecule has 3 aromatic rings. The average Bonchev–Trinajstić information content (AvgIpc) is 2.76. The van der Waals surface area contributed by atoms with Gasteiger partial charge in [0.1, 0.15) is 0 Å². The summed E-state index contributed by atoms with van der Waals surface area (Å²) in [5.74, 6) is 1.34. The van der Waals surface area contributed by atoms with Crippen LogP contribution >= 0.6 is 0 Å². The van der Waals surface area contributed by atoms with Crippen molar-refractivity contribution >= 4 is 11.0 Å². The van der Waals surface area contributed by atoms with Gasteiger partial charge in [0, 0.05) is 5.56 Å². The van der Waals surface area contributed by atoms with Crippen molar-refractivity contribution < 1.29 is 4.57 Å². The first kappa shape index (κ1) is 11.7. The zero-order chi connectivity index (χ0) is 13.7. The second-order valence-corrected chi connectivity index (χ2v) is 5.74.